The molecule has 0 saturated carbocycles. The molecule has 1 N–H and O–H groups in total. The van der Waals surface area contributed by atoms with E-state index in [0.29, 0.717) is 6.54 Å². The zero-order chi connectivity index (χ0) is 14.6. The molecule has 6 heteroatoms. The lowest BCUT2D eigenvalue weighted by atomic mass is 10.2. The second-order valence-corrected chi connectivity index (χ2v) is 5.15. The van der Waals surface area contributed by atoms with Crippen LogP contribution in [0, 0.1) is 19.8 Å². The summed E-state index contributed by atoms with van der Waals surface area (Å²) in [5, 5.41) is 13.1. The van der Waals surface area contributed by atoms with Crippen LogP contribution in [-0.2, 0) is 16.1 Å². The maximum atomic E-state index is 12.1. The molecule has 1 aromatic rings. The predicted octanol–water partition coefficient (Wildman–Crippen LogP) is 1.07. The number of rotatable bonds is 6. The monoisotopic (exact) mass is 267 g/mol. The summed E-state index contributed by atoms with van der Waals surface area (Å²) in [6, 6.07) is 1.89. The van der Waals surface area contributed by atoms with Gasteiger partial charge in [0, 0.05) is 12.2 Å². The van der Waals surface area contributed by atoms with Crippen LogP contribution < -0.4 is 0 Å². The Morgan fingerprint density at radius 1 is 1.42 bits per heavy atom. The minimum atomic E-state index is -0.998. The quantitative estimate of drug-likeness (QED) is 0.836. The third-order valence-corrected chi connectivity index (χ3v) is 2.65. The van der Waals surface area contributed by atoms with E-state index in [2.05, 4.69) is 5.10 Å². The van der Waals surface area contributed by atoms with Crippen molar-refractivity contribution < 1.29 is 14.7 Å². The van der Waals surface area contributed by atoms with Crippen molar-refractivity contribution >= 4 is 11.9 Å². The fraction of sp³-hybridized carbons (Fsp3) is 0.615. The summed E-state index contributed by atoms with van der Waals surface area (Å²) in [6.07, 6.45) is 0. The van der Waals surface area contributed by atoms with Gasteiger partial charge >= 0.3 is 5.97 Å². The number of aryl methyl sites for hydroxylation is 2. The number of aromatic nitrogens is 2. The van der Waals surface area contributed by atoms with Crippen molar-refractivity contribution in [3.8, 4) is 0 Å². The van der Waals surface area contributed by atoms with E-state index in [-0.39, 0.29) is 24.9 Å². The first-order chi connectivity index (χ1) is 8.79. The molecule has 19 heavy (non-hydrogen) atoms. The molecule has 6 nitrogen and oxygen atoms in total. The Morgan fingerprint density at radius 2 is 2.05 bits per heavy atom. The van der Waals surface area contributed by atoms with Crippen LogP contribution in [0.1, 0.15) is 25.2 Å². The van der Waals surface area contributed by atoms with Gasteiger partial charge in [0.1, 0.15) is 13.1 Å². The summed E-state index contributed by atoms with van der Waals surface area (Å²) in [5.74, 6) is -0.992. The lowest BCUT2D eigenvalue weighted by Crippen LogP contribution is -2.40. The molecule has 0 atom stereocenters. The van der Waals surface area contributed by atoms with E-state index in [1.54, 1.807) is 4.68 Å². The summed E-state index contributed by atoms with van der Waals surface area (Å²) in [7, 11) is 0. The van der Waals surface area contributed by atoms with Crippen LogP contribution in [0.15, 0.2) is 6.07 Å². The molecular weight excluding hydrogens is 246 g/mol. The maximum Gasteiger partial charge on any atom is 0.323 e. The van der Waals surface area contributed by atoms with E-state index in [4.69, 9.17) is 5.11 Å². The van der Waals surface area contributed by atoms with Gasteiger partial charge in [-0.05, 0) is 25.8 Å². The van der Waals surface area contributed by atoms with Gasteiger partial charge in [-0.25, -0.2) is 0 Å². The highest BCUT2D eigenvalue weighted by atomic mass is 16.4. The van der Waals surface area contributed by atoms with Crippen LogP contribution in [0.5, 0.6) is 0 Å². The molecule has 1 rings (SSSR count). The molecular formula is C13H21N3O3. The molecule has 0 radical (unpaired) electrons. The molecule has 1 heterocycles. The Kier molecular flexibility index (Phi) is 5.09. The molecule has 1 aromatic heterocycles. The van der Waals surface area contributed by atoms with Crippen molar-refractivity contribution in [2.75, 3.05) is 13.1 Å². The molecule has 0 fully saturated rings. The first kappa shape index (κ1) is 15.2. The molecule has 0 bridgehead atoms. The first-order valence-corrected chi connectivity index (χ1v) is 6.30. The topological polar surface area (TPSA) is 75.4 Å². The third-order valence-electron chi connectivity index (χ3n) is 2.65. The van der Waals surface area contributed by atoms with Crippen LogP contribution in [-0.4, -0.2) is 44.8 Å². The average molecular weight is 267 g/mol. The van der Waals surface area contributed by atoms with Gasteiger partial charge in [0.15, 0.2) is 0 Å². The minimum Gasteiger partial charge on any atom is -0.480 e. The highest BCUT2D eigenvalue weighted by Gasteiger charge is 2.19. The lowest BCUT2D eigenvalue weighted by Gasteiger charge is -2.23. The van der Waals surface area contributed by atoms with E-state index < -0.39 is 5.97 Å². The molecule has 0 aliphatic heterocycles. The number of hydrogen-bond acceptors (Lipinski definition) is 3. The maximum absolute atomic E-state index is 12.1. The van der Waals surface area contributed by atoms with Crippen molar-refractivity contribution in [2.45, 2.75) is 34.2 Å². The second kappa shape index (κ2) is 6.36. The van der Waals surface area contributed by atoms with Gasteiger partial charge < -0.3 is 10.0 Å². The van der Waals surface area contributed by atoms with Crippen LogP contribution in [0.25, 0.3) is 0 Å². The van der Waals surface area contributed by atoms with E-state index >= 15 is 0 Å². The van der Waals surface area contributed by atoms with Crippen molar-refractivity contribution in [1.82, 2.24) is 14.7 Å². The highest BCUT2D eigenvalue weighted by molar-refractivity contribution is 5.81. The van der Waals surface area contributed by atoms with E-state index in [1.807, 2.05) is 33.8 Å². The number of hydrogen-bond donors (Lipinski definition) is 1. The summed E-state index contributed by atoms with van der Waals surface area (Å²) in [4.78, 5) is 24.3. The van der Waals surface area contributed by atoms with Gasteiger partial charge in [-0.2, -0.15) is 5.10 Å². The van der Waals surface area contributed by atoms with Crippen molar-refractivity contribution in [1.29, 1.82) is 0 Å². The molecule has 1 amide bonds. The van der Waals surface area contributed by atoms with Crippen molar-refractivity contribution in [3.05, 3.63) is 17.5 Å². The summed E-state index contributed by atoms with van der Waals surface area (Å²) >= 11 is 0. The molecule has 106 valence electrons. The normalized spacial score (nSPS) is 10.8. The SMILES string of the molecule is Cc1cc(C)n(CC(=O)N(CC(=O)O)CC(C)C)n1. The zero-order valence-corrected chi connectivity index (χ0v) is 11.9. The Bertz CT molecular complexity index is 466. The number of carboxylic acid groups (broad SMARTS) is 1. The van der Waals surface area contributed by atoms with Crippen LogP contribution >= 0.6 is 0 Å². The van der Waals surface area contributed by atoms with Gasteiger partial charge in [0.05, 0.1) is 5.69 Å². The van der Waals surface area contributed by atoms with E-state index in [9.17, 15) is 9.59 Å². The molecule has 0 spiro atoms. The summed E-state index contributed by atoms with van der Waals surface area (Å²) in [5.41, 5.74) is 1.74. The second-order valence-electron chi connectivity index (χ2n) is 5.15. The smallest absolute Gasteiger partial charge is 0.323 e. The van der Waals surface area contributed by atoms with Crippen LogP contribution in [0.4, 0.5) is 0 Å². The minimum absolute atomic E-state index is 0.0830. The Morgan fingerprint density at radius 3 is 2.47 bits per heavy atom. The lowest BCUT2D eigenvalue weighted by molar-refractivity contribution is -0.145. The molecule has 0 saturated heterocycles. The molecule has 0 aromatic carbocycles. The first-order valence-electron chi connectivity index (χ1n) is 6.30. The molecule has 0 aliphatic rings. The highest BCUT2D eigenvalue weighted by Crippen LogP contribution is 2.05. The summed E-state index contributed by atoms with van der Waals surface area (Å²) < 4.78 is 1.60. The fourth-order valence-corrected chi connectivity index (χ4v) is 1.92. The van der Waals surface area contributed by atoms with Gasteiger partial charge in [-0.1, -0.05) is 13.8 Å². The Balaban J connectivity index is 2.76. The van der Waals surface area contributed by atoms with Crippen molar-refractivity contribution in [3.63, 3.8) is 0 Å². The van der Waals surface area contributed by atoms with Crippen molar-refractivity contribution in [2.24, 2.45) is 5.92 Å². The number of aliphatic carboxylic acids is 1. The van der Waals surface area contributed by atoms with E-state index in [0.717, 1.165) is 11.4 Å². The zero-order valence-electron chi connectivity index (χ0n) is 11.9. The van der Waals surface area contributed by atoms with Gasteiger partial charge in [0.2, 0.25) is 5.91 Å². The van der Waals surface area contributed by atoms with Crippen LogP contribution in [0.3, 0.4) is 0 Å². The third kappa shape index (κ3) is 4.73. The molecule has 0 aliphatic carbocycles. The predicted molar refractivity (Wildman–Crippen MR) is 70.8 cm³/mol. The Hall–Kier alpha value is -1.85. The molecule has 0 unspecified atom stereocenters. The summed E-state index contributed by atoms with van der Waals surface area (Å²) in [6.45, 7) is 7.88. The number of carbonyl (C=O) groups excluding carboxylic acids is 1. The number of nitrogens with zero attached hydrogens (tertiary/aromatic N) is 3. The number of carbonyl (C=O) groups is 2. The average Bonchev–Trinajstić information content (AvgIpc) is 2.55. The fourth-order valence-electron chi connectivity index (χ4n) is 1.92. The van der Waals surface area contributed by atoms with Gasteiger partial charge in [0.25, 0.3) is 0 Å². The number of carboxylic acids is 1. The van der Waals surface area contributed by atoms with Crippen LogP contribution in [0.2, 0.25) is 0 Å². The standard InChI is InChI=1S/C13H21N3O3/c1-9(2)6-15(8-13(18)19)12(17)7-16-11(4)5-10(3)14-16/h5,9H,6-8H2,1-4H3,(H,18,19). The Labute approximate surface area is 113 Å². The number of amides is 1. The van der Waals surface area contributed by atoms with Gasteiger partial charge in [-0.3, -0.25) is 14.3 Å². The van der Waals surface area contributed by atoms with Gasteiger partial charge in [-0.15, -0.1) is 0 Å². The van der Waals surface area contributed by atoms with E-state index in [1.165, 1.54) is 4.90 Å². The largest absolute Gasteiger partial charge is 0.480 e.